The summed E-state index contributed by atoms with van der Waals surface area (Å²) >= 11 is 6.38. The van der Waals surface area contributed by atoms with Crippen molar-refractivity contribution in [2.24, 2.45) is 0 Å². The van der Waals surface area contributed by atoms with E-state index in [0.29, 0.717) is 59.1 Å². The van der Waals surface area contributed by atoms with Crippen LogP contribution in [0.5, 0.6) is 0 Å². The number of aliphatic hydroxyl groups excluding tert-OH is 1. The van der Waals surface area contributed by atoms with E-state index in [9.17, 15) is 18.7 Å². The lowest BCUT2D eigenvalue weighted by molar-refractivity contribution is 0.0934. The Kier molecular flexibility index (Phi) is 13.7. The van der Waals surface area contributed by atoms with Crippen LogP contribution in [0.3, 0.4) is 0 Å². The number of halogens is 3. The summed E-state index contributed by atoms with van der Waals surface area (Å²) in [5.41, 5.74) is 7.15. The van der Waals surface area contributed by atoms with Crippen LogP contribution in [0, 0.1) is 25.5 Å². The number of alkyl halides is 1. The van der Waals surface area contributed by atoms with Crippen molar-refractivity contribution in [3.63, 3.8) is 0 Å². The van der Waals surface area contributed by atoms with Crippen LogP contribution >= 0.6 is 11.6 Å². The van der Waals surface area contributed by atoms with E-state index in [1.54, 1.807) is 4.68 Å². The van der Waals surface area contributed by atoms with E-state index in [2.05, 4.69) is 40.3 Å². The van der Waals surface area contributed by atoms with Crippen molar-refractivity contribution in [3.05, 3.63) is 136 Å². The quantitative estimate of drug-likeness (QED) is 0.0509. The second kappa shape index (κ2) is 17.7. The minimum absolute atomic E-state index is 0.0238. The monoisotopic (exact) mass is 733 g/mol. The molecule has 0 radical (unpaired) electrons. The first-order valence-electron chi connectivity index (χ1n) is 17.4. The average molecular weight is 734 g/mol. The molecule has 4 rings (SSSR count). The molecule has 278 valence electrons. The van der Waals surface area contributed by atoms with Gasteiger partial charge in [0.05, 0.1) is 28.5 Å². The Hall–Kier alpha value is -4.67. The van der Waals surface area contributed by atoms with Gasteiger partial charge in [0.1, 0.15) is 11.9 Å². The zero-order chi connectivity index (χ0) is 38.2. The topological polar surface area (TPSA) is 100 Å². The van der Waals surface area contributed by atoms with Gasteiger partial charge in [-0.05, 0) is 107 Å². The maximum absolute atomic E-state index is 13.8. The minimum atomic E-state index is -0.922. The highest BCUT2D eigenvalue weighted by atomic mass is 35.5. The van der Waals surface area contributed by atoms with E-state index in [-0.39, 0.29) is 23.9 Å². The number of nitrogens with one attached hydrogen (secondary N) is 3. The predicted molar refractivity (Wildman–Crippen MR) is 206 cm³/mol. The van der Waals surface area contributed by atoms with Gasteiger partial charge >= 0.3 is 0 Å². The smallest absolute Gasteiger partial charge is 0.254 e. The molecule has 2 unspecified atom stereocenters. The lowest BCUT2D eigenvalue weighted by Crippen LogP contribution is -2.30. The number of rotatable bonds is 16. The number of hydrogen-bond donors (Lipinski definition) is 4. The van der Waals surface area contributed by atoms with Crippen LogP contribution in [0.4, 0.5) is 8.78 Å². The number of fused-ring (bicyclic) bond motifs is 1. The molecule has 8 nitrogen and oxygen atoms in total. The first-order valence-corrected chi connectivity index (χ1v) is 17.8. The van der Waals surface area contributed by atoms with Crippen LogP contribution < -0.4 is 16.0 Å². The Morgan fingerprint density at radius 3 is 2.58 bits per heavy atom. The van der Waals surface area contributed by atoms with E-state index in [1.165, 1.54) is 17.8 Å². The molecule has 1 aromatic heterocycles. The van der Waals surface area contributed by atoms with Crippen molar-refractivity contribution in [1.82, 2.24) is 25.7 Å². The molecule has 0 fully saturated rings. The lowest BCUT2D eigenvalue weighted by Gasteiger charge is -2.24. The average Bonchev–Trinajstić information content (AvgIpc) is 3.70. The van der Waals surface area contributed by atoms with Gasteiger partial charge in [-0.3, -0.25) is 4.79 Å². The molecular formula is C41H50ClF2N5O3. The summed E-state index contributed by atoms with van der Waals surface area (Å²) in [7, 11) is 0. The number of benzene rings is 2. The van der Waals surface area contributed by atoms with E-state index in [0.717, 1.165) is 47.9 Å². The van der Waals surface area contributed by atoms with Crippen LogP contribution in [0.25, 0.3) is 11.5 Å². The van der Waals surface area contributed by atoms with Gasteiger partial charge in [0.2, 0.25) is 0 Å². The molecule has 2 atom stereocenters. The number of allylic oxidation sites excluding steroid dienone is 3. The fraction of sp³-hybridized carbons (Fsp3) is 0.366. The van der Waals surface area contributed by atoms with Crippen LogP contribution in [-0.2, 0) is 17.7 Å². The molecule has 0 spiro atoms. The molecule has 0 bridgehead atoms. The molecule has 1 aliphatic carbocycles. The summed E-state index contributed by atoms with van der Waals surface area (Å²) < 4.78 is 35.0. The second-order valence-corrected chi connectivity index (χ2v) is 14.5. The highest BCUT2D eigenvalue weighted by Crippen LogP contribution is 2.37. The number of aliphatic hydroxyl groups is 1. The Morgan fingerprint density at radius 2 is 1.90 bits per heavy atom. The normalized spacial score (nSPS) is 15.4. The lowest BCUT2D eigenvalue weighted by atomic mass is 9.96. The molecular weight excluding hydrogens is 684 g/mol. The third-order valence-electron chi connectivity index (χ3n) is 8.88. The largest absolute Gasteiger partial charge is 0.512 e. The maximum Gasteiger partial charge on any atom is 0.254 e. The van der Waals surface area contributed by atoms with Gasteiger partial charge in [0.25, 0.3) is 5.91 Å². The van der Waals surface area contributed by atoms with Gasteiger partial charge in [0.15, 0.2) is 17.4 Å². The Balaban J connectivity index is 1.57. The van der Waals surface area contributed by atoms with Gasteiger partial charge in [-0.25, -0.2) is 13.5 Å². The van der Waals surface area contributed by atoms with E-state index < -0.39 is 17.2 Å². The van der Waals surface area contributed by atoms with E-state index in [4.69, 9.17) is 16.3 Å². The summed E-state index contributed by atoms with van der Waals surface area (Å²) in [4.78, 5) is 13.2. The highest BCUT2D eigenvalue weighted by molar-refractivity contribution is 6.21. The van der Waals surface area contributed by atoms with Gasteiger partial charge < -0.3 is 25.8 Å². The van der Waals surface area contributed by atoms with Gasteiger partial charge in [-0.15, -0.1) is 11.6 Å². The number of amides is 1. The molecule has 0 aliphatic heterocycles. The molecule has 3 aromatic rings. The van der Waals surface area contributed by atoms with Gasteiger partial charge in [-0.2, -0.15) is 5.10 Å². The third-order valence-corrected chi connectivity index (χ3v) is 9.21. The molecule has 0 saturated carbocycles. The Morgan fingerprint density at radius 1 is 1.15 bits per heavy atom. The first kappa shape index (κ1) is 40.1. The molecule has 0 saturated heterocycles. The summed E-state index contributed by atoms with van der Waals surface area (Å²) in [6.07, 6.45) is 10.6. The van der Waals surface area contributed by atoms with Gasteiger partial charge in [-0.1, -0.05) is 43.5 Å². The molecule has 1 amide bonds. The zero-order valence-corrected chi connectivity index (χ0v) is 31.6. The maximum atomic E-state index is 13.8. The SMILES string of the molecule is C=C(/C=C(/CNC1CCc2c1ccc(/C(=C/O)OC(C)(C)C)c2C)n1ncc(C(=O)NCC(Cl)C/C=C\C)c1C)C(=C)NCc1ccc(F)c(F)c1. The molecule has 1 heterocycles. The number of carbonyl (C=O) groups excluding carboxylic acids is 1. The van der Waals surface area contributed by atoms with Crippen molar-refractivity contribution >= 4 is 29.0 Å². The summed E-state index contributed by atoms with van der Waals surface area (Å²) in [6, 6.07) is 7.81. The summed E-state index contributed by atoms with van der Waals surface area (Å²) in [5.74, 6) is -1.68. The van der Waals surface area contributed by atoms with Crippen molar-refractivity contribution in [1.29, 1.82) is 0 Å². The first-order chi connectivity index (χ1) is 24.6. The van der Waals surface area contributed by atoms with Crippen LogP contribution in [0.15, 0.2) is 85.4 Å². The third kappa shape index (κ3) is 10.2. The predicted octanol–water partition coefficient (Wildman–Crippen LogP) is 8.73. The van der Waals surface area contributed by atoms with Crippen LogP contribution in [0.1, 0.15) is 90.4 Å². The van der Waals surface area contributed by atoms with Gasteiger partial charge in [0, 0.05) is 36.9 Å². The molecule has 52 heavy (non-hydrogen) atoms. The minimum Gasteiger partial charge on any atom is -0.512 e. The zero-order valence-electron chi connectivity index (χ0n) is 30.9. The number of nitrogens with zero attached hydrogens (tertiary/aromatic N) is 2. The van der Waals surface area contributed by atoms with Crippen LogP contribution in [0.2, 0.25) is 0 Å². The van der Waals surface area contributed by atoms with E-state index >= 15 is 0 Å². The standard InChI is InChI=1S/C41H50ClF2N5O3/c1-9-10-11-30(42)21-47-40(51)35-23-48-49(28(35)5)31(18-25(2)27(4)45-20-29-12-16-36(43)37(44)19-29)22-46-38-17-15-32-26(3)33(13-14-34(32)38)39(24-50)52-41(6,7)8/h9-10,12-14,16,18-19,23-24,30,38,45-46,50H,2,4,11,15,17,20-22H2,1,3,5-8H3,(H,47,51)/b10-9-,31-18-,39-24-. The molecule has 11 heteroatoms. The fourth-order valence-electron chi connectivity index (χ4n) is 6.10. The van der Waals surface area contributed by atoms with Crippen molar-refractivity contribution < 1.29 is 23.4 Å². The Bertz CT molecular complexity index is 1890. The summed E-state index contributed by atoms with van der Waals surface area (Å²) in [6.45, 7) is 20.8. The number of aromatic nitrogens is 2. The molecule has 1 aliphatic rings. The molecule has 4 N–H and O–H groups in total. The van der Waals surface area contributed by atoms with Crippen molar-refractivity contribution in [2.75, 3.05) is 13.1 Å². The van der Waals surface area contributed by atoms with E-state index in [1.807, 2.05) is 65.8 Å². The fourth-order valence-corrected chi connectivity index (χ4v) is 6.28. The van der Waals surface area contributed by atoms with Crippen molar-refractivity contribution in [3.8, 4) is 0 Å². The number of carbonyl (C=O) groups is 1. The number of hydrogen-bond acceptors (Lipinski definition) is 6. The highest BCUT2D eigenvalue weighted by Gasteiger charge is 2.27. The Labute approximate surface area is 311 Å². The number of ether oxygens (including phenoxy) is 1. The van der Waals surface area contributed by atoms with Crippen LogP contribution in [-0.4, -0.2) is 44.9 Å². The van der Waals surface area contributed by atoms with Crippen molar-refractivity contribution in [2.45, 2.75) is 84.4 Å². The second-order valence-electron chi connectivity index (χ2n) is 13.9. The molecule has 2 aromatic carbocycles. The summed E-state index contributed by atoms with van der Waals surface area (Å²) in [5, 5.41) is 24.1.